The Morgan fingerprint density at radius 2 is 1.93 bits per heavy atom. The van der Waals surface area contributed by atoms with Crippen LogP contribution in [0.1, 0.15) is 12.5 Å². The summed E-state index contributed by atoms with van der Waals surface area (Å²) in [7, 11) is 0. The average molecular weight is 461 g/mol. The van der Waals surface area contributed by atoms with Gasteiger partial charge in [0.05, 0.1) is 5.69 Å². The largest absolute Gasteiger partial charge is 0.372 e. The van der Waals surface area contributed by atoms with Gasteiger partial charge in [-0.2, -0.15) is 0 Å². The SMILES string of the molecule is CC(=O)N1CCN(c2cccc(NC(=O)C3Cc4c(F)ccc(Br)c4N3)c2)CC1. The molecule has 6 nitrogen and oxygen atoms in total. The maximum Gasteiger partial charge on any atom is 0.247 e. The third kappa shape index (κ3) is 4.07. The van der Waals surface area contributed by atoms with E-state index < -0.39 is 6.04 Å². The topological polar surface area (TPSA) is 64.7 Å². The number of nitrogens with one attached hydrogen (secondary N) is 2. The Bertz CT molecular complexity index is 929. The van der Waals surface area contributed by atoms with Gasteiger partial charge in [-0.05, 0) is 46.3 Å². The summed E-state index contributed by atoms with van der Waals surface area (Å²) in [6.07, 6.45) is 0.305. The maximum absolute atomic E-state index is 14.0. The van der Waals surface area contributed by atoms with E-state index in [2.05, 4.69) is 31.5 Å². The predicted octanol–water partition coefficient (Wildman–Crippen LogP) is 3.23. The zero-order valence-corrected chi connectivity index (χ0v) is 17.6. The first kappa shape index (κ1) is 19.7. The molecule has 0 radical (unpaired) electrons. The van der Waals surface area contributed by atoms with Gasteiger partial charge in [0.2, 0.25) is 11.8 Å². The number of nitrogens with zero attached hydrogens (tertiary/aromatic N) is 2. The number of rotatable bonds is 3. The zero-order valence-electron chi connectivity index (χ0n) is 16.0. The fraction of sp³-hybridized carbons (Fsp3) is 0.333. The fourth-order valence-electron chi connectivity index (χ4n) is 3.83. The molecule has 2 aliphatic heterocycles. The molecule has 2 amide bonds. The highest BCUT2D eigenvalue weighted by Crippen LogP contribution is 2.35. The number of piperazine rings is 1. The van der Waals surface area contributed by atoms with Crippen molar-refractivity contribution < 1.29 is 14.0 Å². The molecule has 2 heterocycles. The molecule has 152 valence electrons. The summed E-state index contributed by atoms with van der Waals surface area (Å²) >= 11 is 3.40. The van der Waals surface area contributed by atoms with E-state index in [-0.39, 0.29) is 17.6 Å². The average Bonchev–Trinajstić information content (AvgIpc) is 3.18. The second kappa shape index (κ2) is 8.02. The molecule has 0 spiro atoms. The van der Waals surface area contributed by atoms with Gasteiger partial charge in [-0.15, -0.1) is 0 Å². The van der Waals surface area contributed by atoms with Crippen LogP contribution < -0.4 is 15.5 Å². The lowest BCUT2D eigenvalue weighted by Crippen LogP contribution is -2.48. The monoisotopic (exact) mass is 460 g/mol. The van der Waals surface area contributed by atoms with Crippen LogP contribution in [0.3, 0.4) is 0 Å². The van der Waals surface area contributed by atoms with Crippen molar-refractivity contribution in [1.82, 2.24) is 4.90 Å². The van der Waals surface area contributed by atoms with Crippen molar-refractivity contribution in [2.24, 2.45) is 0 Å². The standard InChI is InChI=1S/C21H22BrFN4O2/c1-13(28)26-7-9-27(10-8-26)15-4-2-3-14(11-15)24-21(29)19-12-16-18(23)6-5-17(22)20(16)25-19/h2-6,11,19,25H,7-10,12H2,1H3,(H,24,29). The summed E-state index contributed by atoms with van der Waals surface area (Å²) < 4.78 is 14.8. The lowest BCUT2D eigenvalue weighted by Gasteiger charge is -2.35. The van der Waals surface area contributed by atoms with E-state index in [1.54, 1.807) is 13.0 Å². The quantitative estimate of drug-likeness (QED) is 0.737. The highest BCUT2D eigenvalue weighted by Gasteiger charge is 2.30. The Morgan fingerprint density at radius 3 is 2.62 bits per heavy atom. The van der Waals surface area contributed by atoms with Gasteiger partial charge in [0.1, 0.15) is 11.9 Å². The van der Waals surface area contributed by atoms with E-state index in [0.29, 0.717) is 36.4 Å². The van der Waals surface area contributed by atoms with Crippen LogP contribution in [0.5, 0.6) is 0 Å². The highest BCUT2D eigenvalue weighted by atomic mass is 79.9. The Balaban J connectivity index is 1.41. The lowest BCUT2D eigenvalue weighted by molar-refractivity contribution is -0.129. The minimum absolute atomic E-state index is 0.0961. The zero-order chi connectivity index (χ0) is 20.5. The van der Waals surface area contributed by atoms with Crippen molar-refractivity contribution in [2.45, 2.75) is 19.4 Å². The van der Waals surface area contributed by atoms with Crippen molar-refractivity contribution >= 4 is 44.8 Å². The predicted molar refractivity (Wildman–Crippen MR) is 115 cm³/mol. The fourth-order valence-corrected chi connectivity index (χ4v) is 4.31. The van der Waals surface area contributed by atoms with E-state index in [1.165, 1.54) is 6.07 Å². The number of amides is 2. The van der Waals surface area contributed by atoms with Gasteiger partial charge in [-0.25, -0.2) is 4.39 Å². The number of hydrogen-bond donors (Lipinski definition) is 2. The third-order valence-electron chi connectivity index (χ3n) is 5.45. The van der Waals surface area contributed by atoms with E-state index >= 15 is 0 Å². The first-order chi connectivity index (χ1) is 13.9. The van der Waals surface area contributed by atoms with Gasteiger partial charge in [0.25, 0.3) is 0 Å². The van der Waals surface area contributed by atoms with Gasteiger partial charge >= 0.3 is 0 Å². The number of halogens is 2. The molecular weight excluding hydrogens is 439 g/mol. The van der Waals surface area contributed by atoms with Crippen LogP contribution in [-0.4, -0.2) is 48.9 Å². The van der Waals surface area contributed by atoms with Crippen LogP contribution in [-0.2, 0) is 16.0 Å². The summed E-state index contributed by atoms with van der Waals surface area (Å²) in [5, 5.41) is 6.04. The van der Waals surface area contributed by atoms with Crippen LogP contribution in [0.15, 0.2) is 40.9 Å². The molecule has 0 aliphatic carbocycles. The van der Waals surface area contributed by atoms with Crippen LogP contribution >= 0.6 is 15.9 Å². The first-order valence-corrected chi connectivity index (χ1v) is 10.4. The Kier molecular flexibility index (Phi) is 5.45. The number of carbonyl (C=O) groups is 2. The molecule has 8 heteroatoms. The number of benzene rings is 2. The Hall–Kier alpha value is -2.61. The number of carbonyl (C=O) groups excluding carboxylic acids is 2. The molecule has 2 N–H and O–H groups in total. The van der Waals surface area contributed by atoms with Crippen LogP contribution in [0.4, 0.5) is 21.5 Å². The molecule has 1 saturated heterocycles. The first-order valence-electron chi connectivity index (χ1n) is 9.57. The van der Waals surface area contributed by atoms with Gasteiger partial charge in [-0.1, -0.05) is 6.07 Å². The summed E-state index contributed by atoms with van der Waals surface area (Å²) in [5.74, 6) is -0.414. The van der Waals surface area contributed by atoms with Crippen molar-refractivity contribution in [3.63, 3.8) is 0 Å². The summed E-state index contributed by atoms with van der Waals surface area (Å²) in [5.41, 5.74) is 2.86. The van der Waals surface area contributed by atoms with Gasteiger partial charge in [0.15, 0.2) is 0 Å². The third-order valence-corrected chi connectivity index (χ3v) is 6.11. The van der Waals surface area contributed by atoms with Crippen LogP contribution in [0, 0.1) is 5.82 Å². The van der Waals surface area contributed by atoms with Gasteiger partial charge in [0, 0.05) is 60.9 Å². The highest BCUT2D eigenvalue weighted by molar-refractivity contribution is 9.10. The smallest absolute Gasteiger partial charge is 0.247 e. The molecular formula is C21H22BrFN4O2. The summed E-state index contributed by atoms with van der Waals surface area (Å²) in [6, 6.07) is 10.2. The van der Waals surface area contributed by atoms with Crippen molar-refractivity contribution in [3.8, 4) is 0 Å². The number of fused-ring (bicyclic) bond motifs is 1. The molecule has 29 heavy (non-hydrogen) atoms. The number of hydrogen-bond acceptors (Lipinski definition) is 4. The molecule has 4 rings (SSSR count). The molecule has 0 saturated carbocycles. The summed E-state index contributed by atoms with van der Waals surface area (Å²) in [6.45, 7) is 4.48. The molecule has 2 aromatic carbocycles. The van der Waals surface area contributed by atoms with Crippen molar-refractivity contribution in [3.05, 3.63) is 52.3 Å². The second-order valence-electron chi connectivity index (χ2n) is 7.32. The molecule has 1 unspecified atom stereocenters. The van der Waals surface area contributed by atoms with E-state index in [1.807, 2.05) is 29.2 Å². The van der Waals surface area contributed by atoms with E-state index in [0.717, 1.165) is 23.2 Å². The molecule has 2 aliphatic rings. The van der Waals surface area contributed by atoms with Crippen molar-refractivity contribution in [2.75, 3.05) is 41.7 Å². The van der Waals surface area contributed by atoms with Gasteiger partial charge < -0.3 is 20.4 Å². The van der Waals surface area contributed by atoms with Crippen molar-refractivity contribution in [1.29, 1.82) is 0 Å². The molecule has 1 fully saturated rings. The minimum atomic E-state index is -0.527. The summed E-state index contributed by atoms with van der Waals surface area (Å²) in [4.78, 5) is 28.3. The maximum atomic E-state index is 14.0. The van der Waals surface area contributed by atoms with Gasteiger partial charge in [-0.3, -0.25) is 9.59 Å². The Morgan fingerprint density at radius 1 is 1.17 bits per heavy atom. The molecule has 0 bridgehead atoms. The van der Waals surface area contributed by atoms with E-state index in [9.17, 15) is 14.0 Å². The second-order valence-corrected chi connectivity index (χ2v) is 8.17. The molecule has 1 atom stereocenters. The Labute approximate surface area is 177 Å². The molecule has 2 aromatic rings. The minimum Gasteiger partial charge on any atom is -0.372 e. The normalized spacial score (nSPS) is 18.2. The molecule has 0 aromatic heterocycles. The van der Waals surface area contributed by atoms with Crippen LogP contribution in [0.25, 0.3) is 0 Å². The lowest BCUT2D eigenvalue weighted by atomic mass is 10.1. The van der Waals surface area contributed by atoms with E-state index in [4.69, 9.17) is 0 Å². The number of anilines is 3. The van der Waals surface area contributed by atoms with Crippen LogP contribution in [0.2, 0.25) is 0 Å².